The van der Waals surface area contributed by atoms with Gasteiger partial charge in [0.25, 0.3) is 0 Å². The highest BCUT2D eigenvalue weighted by Gasteiger charge is 2.63. The fraction of sp³-hybridized carbons (Fsp3) is 0.900. The van der Waals surface area contributed by atoms with Gasteiger partial charge in [-0.1, -0.05) is 20.8 Å². The third-order valence-corrected chi connectivity index (χ3v) is 9.81. The molecule has 0 amide bonds. The summed E-state index contributed by atoms with van der Waals surface area (Å²) in [7, 11) is 0. The summed E-state index contributed by atoms with van der Waals surface area (Å²) in [6, 6.07) is 0.651. The summed E-state index contributed by atoms with van der Waals surface area (Å²) in [6.07, 6.45) is 8.12. The van der Waals surface area contributed by atoms with Crippen molar-refractivity contribution in [1.29, 1.82) is 0 Å². The molecule has 8 rings (SSSR count). The van der Waals surface area contributed by atoms with Crippen molar-refractivity contribution < 1.29 is 0 Å². The van der Waals surface area contributed by atoms with E-state index in [9.17, 15) is 9.59 Å². The van der Waals surface area contributed by atoms with Crippen LogP contribution in [0.15, 0.2) is 9.59 Å². The minimum atomic E-state index is -0.000347. The van der Waals surface area contributed by atoms with Crippen LogP contribution in [0, 0.1) is 28.6 Å². The van der Waals surface area contributed by atoms with Gasteiger partial charge < -0.3 is 0 Å². The molecule has 136 valence electrons. The molecule has 0 saturated heterocycles. The largest absolute Gasteiger partial charge is 0.347 e. The fourth-order valence-corrected chi connectivity index (χ4v) is 7.88. The predicted molar refractivity (Wildman–Crippen MR) is 94.7 cm³/mol. The lowest BCUT2D eigenvalue weighted by Gasteiger charge is -2.52. The van der Waals surface area contributed by atoms with Crippen molar-refractivity contribution in [3.05, 3.63) is 21.0 Å². The highest BCUT2D eigenvalue weighted by molar-refractivity contribution is 5.13. The topological polar surface area (TPSA) is 48.9 Å². The minimum absolute atomic E-state index is 0.000347. The Morgan fingerprint density at radius 2 is 1.40 bits per heavy atom. The van der Waals surface area contributed by atoms with Gasteiger partial charge in [-0.25, -0.2) is 23.5 Å². The van der Waals surface area contributed by atoms with Crippen LogP contribution in [0.3, 0.4) is 0 Å². The van der Waals surface area contributed by atoms with Gasteiger partial charge in [0, 0.05) is 6.04 Å². The number of hydrogen-bond acceptors (Lipinski definition) is 2. The van der Waals surface area contributed by atoms with Gasteiger partial charge in [-0.15, -0.1) is 0 Å². The second-order valence-electron chi connectivity index (χ2n) is 10.5. The number of rotatable bonds is 1. The summed E-state index contributed by atoms with van der Waals surface area (Å²) in [4.78, 5) is 26.8. The van der Waals surface area contributed by atoms with Crippen molar-refractivity contribution in [2.45, 2.75) is 83.8 Å². The highest BCUT2D eigenvalue weighted by Crippen LogP contribution is 2.69. The first kappa shape index (κ1) is 14.9. The zero-order chi connectivity index (χ0) is 17.3. The standard InChI is InChI=1S/C20H29N3O2/c1-19(2)13-6-7-20(19,3)16(10-13)21-17(24)22-14-9-12-5-4-11(14)8-15(12)23(22)18(21)25/h11-16H,4-10H2,1-3H3/t11-,12+,13-,14-,15+,16-,20-/m0/s1. The number of aromatic nitrogens is 3. The average molecular weight is 343 g/mol. The summed E-state index contributed by atoms with van der Waals surface area (Å²) in [6.45, 7) is 7.04. The Kier molecular flexibility index (Phi) is 2.48. The quantitative estimate of drug-likeness (QED) is 0.787. The van der Waals surface area contributed by atoms with Gasteiger partial charge >= 0.3 is 11.4 Å². The number of hydrogen-bond donors (Lipinski definition) is 0. The lowest BCUT2D eigenvalue weighted by atomic mass is 9.64. The highest BCUT2D eigenvalue weighted by atomic mass is 16.2. The Morgan fingerprint density at radius 3 is 1.80 bits per heavy atom. The van der Waals surface area contributed by atoms with Crippen LogP contribution in [-0.2, 0) is 0 Å². The van der Waals surface area contributed by atoms with Gasteiger partial charge in [0.2, 0.25) is 0 Å². The van der Waals surface area contributed by atoms with E-state index in [0.717, 1.165) is 25.7 Å². The first-order valence-electron chi connectivity index (χ1n) is 10.3. The van der Waals surface area contributed by atoms with Crippen molar-refractivity contribution in [2.24, 2.45) is 28.6 Å². The average Bonchev–Trinajstić information content (AvgIpc) is 3.07. The zero-order valence-corrected chi connectivity index (χ0v) is 15.6. The number of nitrogens with zero attached hydrogens (tertiary/aromatic N) is 3. The Bertz CT molecular complexity index is 840. The van der Waals surface area contributed by atoms with E-state index >= 15 is 0 Å². The Labute approximate surface area is 148 Å². The van der Waals surface area contributed by atoms with E-state index < -0.39 is 0 Å². The van der Waals surface area contributed by atoms with E-state index in [2.05, 4.69) is 20.8 Å². The Morgan fingerprint density at radius 1 is 0.840 bits per heavy atom. The summed E-state index contributed by atoms with van der Waals surface area (Å²) in [5, 5.41) is 0. The molecule has 5 aliphatic carbocycles. The molecule has 5 nitrogen and oxygen atoms in total. The molecule has 0 unspecified atom stereocenters. The van der Waals surface area contributed by atoms with Crippen LogP contribution in [0.2, 0.25) is 0 Å². The van der Waals surface area contributed by atoms with Gasteiger partial charge in [-0.3, -0.25) is 0 Å². The van der Waals surface area contributed by atoms with Crippen LogP contribution >= 0.6 is 0 Å². The smallest absolute Gasteiger partial charge is 0.246 e. The lowest BCUT2D eigenvalue weighted by Crippen LogP contribution is -2.52. The molecule has 3 heterocycles. The maximum atomic E-state index is 13.4. The van der Waals surface area contributed by atoms with Crippen molar-refractivity contribution in [1.82, 2.24) is 13.9 Å². The third kappa shape index (κ3) is 1.43. The SMILES string of the molecule is CC1(C)[C@H]2CC[C@@]1(C)[C@@H](n1c(=O)n3n(c1=O)[C@H]1C[C@H]4CC[C@H]1C[C@H]43)C2. The second kappa shape index (κ2) is 4.17. The van der Waals surface area contributed by atoms with Crippen molar-refractivity contribution >= 4 is 0 Å². The summed E-state index contributed by atoms with van der Waals surface area (Å²) in [5.41, 5.74) is 0.282. The van der Waals surface area contributed by atoms with E-state index in [0.29, 0.717) is 17.8 Å². The normalized spacial score (nSPS) is 48.3. The molecule has 6 bridgehead atoms. The molecule has 1 aromatic rings. The molecule has 5 heteroatoms. The summed E-state index contributed by atoms with van der Waals surface area (Å²) in [5.74, 6) is 1.88. The number of fused-ring (bicyclic) bond motifs is 3. The van der Waals surface area contributed by atoms with E-state index in [1.54, 1.807) is 4.57 Å². The van der Waals surface area contributed by atoms with Gasteiger partial charge in [-0.05, 0) is 73.5 Å². The maximum Gasteiger partial charge on any atom is 0.347 e. The molecule has 7 atom stereocenters. The van der Waals surface area contributed by atoms with Crippen molar-refractivity contribution in [2.75, 3.05) is 0 Å². The van der Waals surface area contributed by atoms with Gasteiger partial charge in [0.15, 0.2) is 0 Å². The van der Waals surface area contributed by atoms with Crippen LogP contribution in [0.5, 0.6) is 0 Å². The second-order valence-corrected chi connectivity index (χ2v) is 10.5. The van der Waals surface area contributed by atoms with E-state index in [-0.39, 0.29) is 40.3 Å². The molecule has 7 aliphatic rings. The fourth-order valence-electron chi connectivity index (χ4n) is 7.88. The van der Waals surface area contributed by atoms with Crippen LogP contribution < -0.4 is 11.4 Å². The molecule has 0 spiro atoms. The van der Waals surface area contributed by atoms with Crippen LogP contribution in [-0.4, -0.2) is 13.9 Å². The molecule has 0 radical (unpaired) electrons. The predicted octanol–water partition coefficient (Wildman–Crippen LogP) is 3.11. The van der Waals surface area contributed by atoms with Crippen LogP contribution in [0.1, 0.15) is 83.8 Å². The van der Waals surface area contributed by atoms with Gasteiger partial charge in [0.05, 0.1) is 12.1 Å². The van der Waals surface area contributed by atoms with Crippen molar-refractivity contribution in [3.8, 4) is 0 Å². The lowest BCUT2D eigenvalue weighted by molar-refractivity contribution is -0.0270. The van der Waals surface area contributed by atoms with Crippen LogP contribution in [0.25, 0.3) is 0 Å². The first-order chi connectivity index (χ1) is 11.8. The molecule has 5 fully saturated rings. The minimum Gasteiger partial charge on any atom is -0.246 e. The molecule has 2 aliphatic heterocycles. The van der Waals surface area contributed by atoms with E-state index in [1.807, 2.05) is 9.36 Å². The summed E-state index contributed by atoms with van der Waals surface area (Å²) < 4.78 is 5.51. The molecular weight excluding hydrogens is 314 g/mol. The van der Waals surface area contributed by atoms with Gasteiger partial charge in [0.1, 0.15) is 0 Å². The van der Waals surface area contributed by atoms with Gasteiger partial charge in [-0.2, -0.15) is 0 Å². The molecule has 1 aromatic heterocycles. The maximum absolute atomic E-state index is 13.4. The molecule has 0 N–H and O–H groups in total. The third-order valence-electron chi connectivity index (χ3n) is 9.81. The Balaban J connectivity index is 1.56. The van der Waals surface area contributed by atoms with E-state index in [1.165, 1.54) is 19.3 Å². The van der Waals surface area contributed by atoms with Crippen LogP contribution in [0.4, 0.5) is 0 Å². The zero-order valence-electron chi connectivity index (χ0n) is 15.6. The molecular formula is C20H29N3O2. The summed E-state index contributed by atoms with van der Waals surface area (Å²) >= 11 is 0. The van der Waals surface area contributed by atoms with E-state index in [4.69, 9.17) is 0 Å². The monoisotopic (exact) mass is 343 g/mol. The van der Waals surface area contributed by atoms with Crippen molar-refractivity contribution in [3.63, 3.8) is 0 Å². The molecule has 0 aromatic carbocycles. The molecule has 25 heavy (non-hydrogen) atoms. The Hall–Kier alpha value is -1.26. The first-order valence-corrected chi connectivity index (χ1v) is 10.3. The molecule has 5 saturated carbocycles.